The molecule has 10 heteroatoms. The highest BCUT2D eigenvalue weighted by atomic mass is 32.2. The number of fused-ring (bicyclic) bond motifs is 2. The van der Waals surface area contributed by atoms with Gasteiger partial charge in [0.1, 0.15) is 5.00 Å². The van der Waals surface area contributed by atoms with Crippen molar-refractivity contribution in [3.63, 3.8) is 0 Å². The summed E-state index contributed by atoms with van der Waals surface area (Å²) in [6.45, 7) is 10.2. The van der Waals surface area contributed by atoms with Gasteiger partial charge in [0.25, 0.3) is 21.8 Å². The van der Waals surface area contributed by atoms with E-state index in [2.05, 4.69) is 17.1 Å². The van der Waals surface area contributed by atoms with Gasteiger partial charge in [-0.05, 0) is 81.1 Å². The molecule has 0 bridgehead atoms. The molecule has 2 amide bonds. The molecular weight excluding hydrogens is 544 g/mol. The standard InChI is InChI=1S/C30H36N4O4S2/c1-4-32-19-17-24-26(20-32)39-29(27(24)30(36)33(5-2)6-3)31-28(35)22-13-15-23(16-14-22)40(37,38)34-18-9-11-21-10-7-8-12-25(21)34/h7-8,10,12-16H,4-6,9,11,17-20H2,1-3H3,(H,31,35). The molecule has 0 atom stereocenters. The third kappa shape index (κ3) is 5.27. The van der Waals surface area contributed by atoms with Crippen molar-refractivity contribution in [2.45, 2.75) is 51.5 Å². The van der Waals surface area contributed by atoms with E-state index < -0.39 is 10.0 Å². The van der Waals surface area contributed by atoms with E-state index in [1.54, 1.807) is 4.90 Å². The minimum absolute atomic E-state index is 0.0639. The third-order valence-corrected chi connectivity index (χ3v) is 10.8. The molecule has 0 radical (unpaired) electrons. The second-order valence-electron chi connectivity index (χ2n) is 10.1. The van der Waals surface area contributed by atoms with E-state index in [-0.39, 0.29) is 16.7 Å². The van der Waals surface area contributed by atoms with Gasteiger partial charge in [-0.1, -0.05) is 25.1 Å². The number of hydrogen-bond acceptors (Lipinski definition) is 6. The number of nitrogens with zero attached hydrogens (tertiary/aromatic N) is 3. The van der Waals surface area contributed by atoms with Crippen molar-refractivity contribution in [1.29, 1.82) is 0 Å². The Kier molecular flexibility index (Phi) is 8.30. The minimum atomic E-state index is -3.77. The first-order valence-electron chi connectivity index (χ1n) is 14.0. The Morgan fingerprint density at radius 3 is 2.40 bits per heavy atom. The Hall–Kier alpha value is -3.21. The summed E-state index contributed by atoms with van der Waals surface area (Å²) >= 11 is 1.47. The van der Waals surface area contributed by atoms with Crippen LogP contribution in [-0.2, 0) is 29.4 Å². The molecule has 5 rings (SSSR count). The van der Waals surface area contributed by atoms with Gasteiger partial charge in [0.05, 0.1) is 16.1 Å². The summed E-state index contributed by atoms with van der Waals surface area (Å²) in [5, 5.41) is 3.55. The average molecular weight is 581 g/mol. The fourth-order valence-corrected chi connectivity index (χ4v) is 8.36. The van der Waals surface area contributed by atoms with Crippen LogP contribution in [0.5, 0.6) is 0 Å². The van der Waals surface area contributed by atoms with Crippen LogP contribution in [-0.4, -0.2) is 62.8 Å². The van der Waals surface area contributed by atoms with Crippen molar-refractivity contribution in [3.8, 4) is 0 Å². The predicted molar refractivity (Wildman–Crippen MR) is 160 cm³/mol. The lowest BCUT2D eigenvalue weighted by Crippen LogP contribution is -2.35. The molecule has 1 N–H and O–H groups in total. The van der Waals surface area contributed by atoms with E-state index >= 15 is 0 Å². The second-order valence-corrected chi connectivity index (χ2v) is 13.1. The molecule has 0 saturated heterocycles. The van der Waals surface area contributed by atoms with Crippen molar-refractivity contribution >= 4 is 43.9 Å². The molecule has 1 aromatic heterocycles. The highest BCUT2D eigenvalue weighted by Gasteiger charge is 2.31. The van der Waals surface area contributed by atoms with Gasteiger partial charge in [0.15, 0.2) is 0 Å². The van der Waals surface area contributed by atoms with Gasteiger partial charge >= 0.3 is 0 Å². The number of para-hydroxylation sites is 1. The normalized spacial score (nSPS) is 15.3. The van der Waals surface area contributed by atoms with E-state index in [0.717, 1.165) is 54.9 Å². The van der Waals surface area contributed by atoms with Crippen molar-refractivity contribution in [3.05, 3.63) is 75.7 Å². The number of likely N-dealkylation sites (N-methyl/N-ethyl adjacent to an activating group) is 1. The highest BCUT2D eigenvalue weighted by Crippen LogP contribution is 2.38. The fourth-order valence-electron chi connectivity index (χ4n) is 5.54. The van der Waals surface area contributed by atoms with Gasteiger partial charge in [-0.25, -0.2) is 8.42 Å². The topological polar surface area (TPSA) is 90.0 Å². The van der Waals surface area contributed by atoms with E-state index in [0.29, 0.717) is 41.4 Å². The van der Waals surface area contributed by atoms with Crippen molar-refractivity contribution in [2.24, 2.45) is 0 Å². The van der Waals surface area contributed by atoms with Gasteiger partial charge < -0.3 is 10.2 Å². The number of hydrogen-bond donors (Lipinski definition) is 1. The monoisotopic (exact) mass is 580 g/mol. The quantitative estimate of drug-likeness (QED) is 0.405. The van der Waals surface area contributed by atoms with Crippen molar-refractivity contribution in [2.75, 3.05) is 42.3 Å². The van der Waals surface area contributed by atoms with Crippen LogP contribution >= 0.6 is 11.3 Å². The van der Waals surface area contributed by atoms with Gasteiger partial charge in [-0.3, -0.25) is 18.8 Å². The van der Waals surface area contributed by atoms with Crippen LogP contribution in [0.25, 0.3) is 0 Å². The maximum absolute atomic E-state index is 13.5. The van der Waals surface area contributed by atoms with Gasteiger partial charge in [-0.15, -0.1) is 11.3 Å². The SMILES string of the molecule is CCN1CCc2c(sc(NC(=O)c3ccc(S(=O)(=O)N4CCCc5ccccc54)cc3)c2C(=O)N(CC)CC)C1. The van der Waals surface area contributed by atoms with Crippen LogP contribution < -0.4 is 9.62 Å². The maximum Gasteiger partial charge on any atom is 0.264 e. The van der Waals surface area contributed by atoms with E-state index in [4.69, 9.17) is 0 Å². The summed E-state index contributed by atoms with van der Waals surface area (Å²) in [6.07, 6.45) is 2.37. The number of aryl methyl sites for hydroxylation is 1. The molecule has 3 aromatic rings. The van der Waals surface area contributed by atoms with Crippen LogP contribution in [0.3, 0.4) is 0 Å². The largest absolute Gasteiger partial charge is 0.339 e. The lowest BCUT2D eigenvalue weighted by Gasteiger charge is -2.30. The molecular formula is C30H36N4O4S2. The molecule has 0 spiro atoms. The number of sulfonamides is 1. The van der Waals surface area contributed by atoms with Crippen molar-refractivity contribution < 1.29 is 18.0 Å². The zero-order valence-corrected chi connectivity index (χ0v) is 24.9. The molecule has 40 heavy (non-hydrogen) atoms. The summed E-state index contributed by atoms with van der Waals surface area (Å²) in [7, 11) is -3.77. The molecule has 0 fully saturated rings. The highest BCUT2D eigenvalue weighted by molar-refractivity contribution is 7.92. The molecule has 8 nitrogen and oxygen atoms in total. The minimum Gasteiger partial charge on any atom is -0.339 e. The number of rotatable bonds is 8. The molecule has 2 aromatic carbocycles. The number of amides is 2. The van der Waals surface area contributed by atoms with E-state index in [1.807, 2.05) is 38.1 Å². The Bertz CT molecular complexity index is 1510. The number of carbonyl (C=O) groups is 2. The van der Waals surface area contributed by atoms with Crippen LogP contribution in [0.4, 0.5) is 10.7 Å². The summed E-state index contributed by atoms with van der Waals surface area (Å²) < 4.78 is 28.5. The second kappa shape index (κ2) is 11.7. The number of benzene rings is 2. The van der Waals surface area contributed by atoms with Crippen LogP contribution in [0.1, 0.15) is 63.9 Å². The van der Waals surface area contributed by atoms with Crippen LogP contribution in [0, 0.1) is 0 Å². The number of anilines is 2. The fraction of sp³-hybridized carbons (Fsp3) is 0.400. The summed E-state index contributed by atoms with van der Waals surface area (Å²) in [4.78, 5) is 32.2. The zero-order chi connectivity index (χ0) is 28.4. The molecule has 212 valence electrons. The molecule has 0 unspecified atom stereocenters. The smallest absolute Gasteiger partial charge is 0.264 e. The Morgan fingerprint density at radius 2 is 1.70 bits per heavy atom. The van der Waals surface area contributed by atoms with Crippen LogP contribution in [0.15, 0.2) is 53.4 Å². The van der Waals surface area contributed by atoms with Gasteiger partial charge in [0.2, 0.25) is 0 Å². The Morgan fingerprint density at radius 1 is 0.975 bits per heavy atom. The average Bonchev–Trinajstić information content (AvgIpc) is 3.34. The number of nitrogens with one attached hydrogen (secondary N) is 1. The first-order chi connectivity index (χ1) is 19.3. The molecule has 3 heterocycles. The predicted octanol–water partition coefficient (Wildman–Crippen LogP) is 5.00. The summed E-state index contributed by atoms with van der Waals surface area (Å²) in [6, 6.07) is 13.6. The van der Waals surface area contributed by atoms with Crippen LogP contribution in [0.2, 0.25) is 0 Å². The Labute approximate surface area is 240 Å². The molecule has 2 aliphatic rings. The maximum atomic E-state index is 13.5. The number of carbonyl (C=O) groups excluding carboxylic acids is 2. The molecule has 0 aliphatic carbocycles. The lowest BCUT2D eigenvalue weighted by atomic mass is 10.0. The Balaban J connectivity index is 1.40. The van der Waals surface area contributed by atoms with Gasteiger partial charge in [0, 0.05) is 43.2 Å². The third-order valence-electron chi connectivity index (χ3n) is 7.85. The van der Waals surface area contributed by atoms with E-state index in [1.165, 1.54) is 39.9 Å². The van der Waals surface area contributed by atoms with E-state index in [9.17, 15) is 18.0 Å². The molecule has 0 saturated carbocycles. The molecule has 2 aliphatic heterocycles. The first kappa shape index (κ1) is 28.3. The number of thiophene rings is 1. The lowest BCUT2D eigenvalue weighted by molar-refractivity contribution is 0.0772. The summed E-state index contributed by atoms with van der Waals surface area (Å²) in [5.74, 6) is -0.433. The zero-order valence-electron chi connectivity index (χ0n) is 23.3. The van der Waals surface area contributed by atoms with Gasteiger partial charge in [-0.2, -0.15) is 0 Å². The summed E-state index contributed by atoms with van der Waals surface area (Å²) in [5.41, 5.74) is 3.69. The first-order valence-corrected chi connectivity index (χ1v) is 16.2. The van der Waals surface area contributed by atoms with Crippen molar-refractivity contribution in [1.82, 2.24) is 9.80 Å².